The maximum Gasteiger partial charge on any atom is 0.309 e. The molecule has 0 fully saturated rings. The molecule has 0 amide bonds. The highest BCUT2D eigenvalue weighted by Crippen LogP contribution is 2.26. The van der Waals surface area contributed by atoms with E-state index < -0.39 is 0 Å². The molecule has 1 aromatic carbocycles. The lowest BCUT2D eigenvalue weighted by molar-refractivity contribution is -0.152. The highest BCUT2D eigenvalue weighted by Gasteiger charge is 2.27. The van der Waals surface area contributed by atoms with Crippen molar-refractivity contribution in [1.82, 2.24) is 0 Å². The van der Waals surface area contributed by atoms with Crippen LogP contribution in [0, 0.1) is 11.3 Å². The van der Waals surface area contributed by atoms with Crippen LogP contribution in [0.1, 0.15) is 33.3 Å². The van der Waals surface area contributed by atoms with Crippen molar-refractivity contribution in [3.63, 3.8) is 0 Å². The number of carbonyl (C=O) groups excluding carboxylic acids is 1. The van der Waals surface area contributed by atoms with Crippen molar-refractivity contribution in [2.75, 3.05) is 0 Å². The number of carbonyl (C=O) groups is 1. The number of hydrogen-bond donors (Lipinski definition) is 0. The lowest BCUT2D eigenvalue weighted by Gasteiger charge is -2.25. The molecule has 1 rings (SSSR count). The van der Waals surface area contributed by atoms with E-state index in [1.54, 1.807) is 0 Å². The molecule has 0 radical (unpaired) electrons. The average molecular weight is 220 g/mol. The van der Waals surface area contributed by atoms with E-state index in [1.165, 1.54) is 0 Å². The maximum atomic E-state index is 11.7. The number of esters is 1. The highest BCUT2D eigenvalue weighted by atomic mass is 16.5. The second kappa shape index (κ2) is 5.15. The molecule has 0 heterocycles. The van der Waals surface area contributed by atoms with Crippen molar-refractivity contribution in [2.24, 2.45) is 11.3 Å². The van der Waals surface area contributed by atoms with E-state index in [2.05, 4.69) is 0 Å². The molecule has 0 aliphatic heterocycles. The van der Waals surface area contributed by atoms with Gasteiger partial charge in [0, 0.05) is 0 Å². The van der Waals surface area contributed by atoms with Gasteiger partial charge in [-0.2, -0.15) is 0 Å². The van der Waals surface area contributed by atoms with E-state index in [-0.39, 0.29) is 17.3 Å². The van der Waals surface area contributed by atoms with Crippen molar-refractivity contribution >= 4 is 5.97 Å². The normalized spacial score (nSPS) is 13.2. The maximum absolute atomic E-state index is 11.7. The van der Waals surface area contributed by atoms with Crippen LogP contribution in [0.3, 0.4) is 0 Å². The van der Waals surface area contributed by atoms with Crippen molar-refractivity contribution in [2.45, 2.75) is 34.3 Å². The number of rotatable bonds is 3. The zero-order valence-electron chi connectivity index (χ0n) is 10.5. The van der Waals surface area contributed by atoms with Gasteiger partial charge in [-0.15, -0.1) is 0 Å². The summed E-state index contributed by atoms with van der Waals surface area (Å²) in [6, 6.07) is 9.74. The molecular weight excluding hydrogens is 200 g/mol. The van der Waals surface area contributed by atoms with Gasteiger partial charge in [0.1, 0.15) is 6.61 Å². The topological polar surface area (TPSA) is 26.3 Å². The zero-order chi connectivity index (χ0) is 12.2. The lowest BCUT2D eigenvalue weighted by atomic mass is 9.82. The minimum atomic E-state index is -0.128. The fourth-order valence-corrected chi connectivity index (χ4v) is 1.21. The Labute approximate surface area is 97.6 Å². The third-order valence-corrected chi connectivity index (χ3v) is 2.88. The summed E-state index contributed by atoms with van der Waals surface area (Å²) in [5, 5.41) is 0. The SMILES string of the molecule is C[C@H](C(=O)OCc1ccccc1)C(C)(C)C. The summed E-state index contributed by atoms with van der Waals surface area (Å²) in [6.45, 7) is 8.40. The summed E-state index contributed by atoms with van der Waals surface area (Å²) in [7, 11) is 0. The quantitative estimate of drug-likeness (QED) is 0.730. The molecule has 2 heteroatoms. The Hall–Kier alpha value is -1.31. The third-order valence-electron chi connectivity index (χ3n) is 2.88. The van der Waals surface area contributed by atoms with E-state index in [0.29, 0.717) is 6.61 Å². The van der Waals surface area contributed by atoms with Crippen LogP contribution in [0.5, 0.6) is 0 Å². The van der Waals surface area contributed by atoms with Gasteiger partial charge in [-0.3, -0.25) is 4.79 Å². The van der Waals surface area contributed by atoms with Crippen LogP contribution < -0.4 is 0 Å². The summed E-state index contributed by atoms with van der Waals surface area (Å²) in [5.41, 5.74) is 0.977. The van der Waals surface area contributed by atoms with Gasteiger partial charge in [-0.25, -0.2) is 0 Å². The Morgan fingerprint density at radius 2 is 1.81 bits per heavy atom. The average Bonchev–Trinajstić information content (AvgIpc) is 2.25. The summed E-state index contributed by atoms with van der Waals surface area (Å²) in [6.07, 6.45) is 0. The molecule has 0 N–H and O–H groups in total. The molecule has 0 aliphatic rings. The molecular formula is C14H20O2. The molecule has 88 valence electrons. The van der Waals surface area contributed by atoms with Gasteiger partial charge in [0.25, 0.3) is 0 Å². The Kier molecular flexibility index (Phi) is 4.11. The van der Waals surface area contributed by atoms with Gasteiger partial charge in [-0.05, 0) is 11.0 Å². The van der Waals surface area contributed by atoms with Gasteiger partial charge in [-0.1, -0.05) is 58.0 Å². The number of ether oxygens (including phenoxy) is 1. The Morgan fingerprint density at radius 3 is 2.31 bits per heavy atom. The first kappa shape index (κ1) is 12.8. The molecule has 1 aromatic rings. The Bertz CT molecular complexity index is 336. The van der Waals surface area contributed by atoms with Crippen LogP contribution in [-0.4, -0.2) is 5.97 Å². The summed E-state index contributed by atoms with van der Waals surface area (Å²) < 4.78 is 5.28. The smallest absolute Gasteiger partial charge is 0.309 e. The van der Waals surface area contributed by atoms with Crippen molar-refractivity contribution < 1.29 is 9.53 Å². The minimum Gasteiger partial charge on any atom is -0.461 e. The van der Waals surface area contributed by atoms with Crippen LogP contribution in [0.15, 0.2) is 30.3 Å². The fourth-order valence-electron chi connectivity index (χ4n) is 1.21. The van der Waals surface area contributed by atoms with E-state index in [1.807, 2.05) is 58.0 Å². The van der Waals surface area contributed by atoms with E-state index in [0.717, 1.165) is 5.56 Å². The van der Waals surface area contributed by atoms with Crippen LogP contribution in [-0.2, 0) is 16.1 Å². The Morgan fingerprint density at radius 1 is 1.25 bits per heavy atom. The number of benzene rings is 1. The molecule has 2 nitrogen and oxygen atoms in total. The van der Waals surface area contributed by atoms with Gasteiger partial charge >= 0.3 is 5.97 Å². The minimum absolute atomic E-state index is 0.0478. The molecule has 0 aliphatic carbocycles. The van der Waals surface area contributed by atoms with Crippen molar-refractivity contribution in [1.29, 1.82) is 0 Å². The van der Waals surface area contributed by atoms with Crippen LogP contribution >= 0.6 is 0 Å². The second-order valence-electron chi connectivity index (χ2n) is 5.18. The molecule has 16 heavy (non-hydrogen) atoms. The molecule has 0 aromatic heterocycles. The number of hydrogen-bond acceptors (Lipinski definition) is 2. The molecule has 1 atom stereocenters. The van der Waals surface area contributed by atoms with Gasteiger partial charge in [0.15, 0.2) is 0 Å². The highest BCUT2D eigenvalue weighted by molar-refractivity contribution is 5.72. The standard InChI is InChI=1S/C14H20O2/c1-11(14(2,3)4)13(15)16-10-12-8-6-5-7-9-12/h5-9,11H,10H2,1-4H3/t11-/m1/s1. The van der Waals surface area contributed by atoms with E-state index in [4.69, 9.17) is 4.74 Å². The van der Waals surface area contributed by atoms with Crippen molar-refractivity contribution in [3.05, 3.63) is 35.9 Å². The van der Waals surface area contributed by atoms with Crippen LogP contribution in [0.2, 0.25) is 0 Å². The predicted octanol–water partition coefficient (Wildman–Crippen LogP) is 3.41. The van der Waals surface area contributed by atoms with Gasteiger partial charge in [0.05, 0.1) is 5.92 Å². The monoisotopic (exact) mass is 220 g/mol. The molecule has 0 spiro atoms. The van der Waals surface area contributed by atoms with E-state index in [9.17, 15) is 4.79 Å². The van der Waals surface area contributed by atoms with Crippen molar-refractivity contribution in [3.8, 4) is 0 Å². The third kappa shape index (κ3) is 3.69. The van der Waals surface area contributed by atoms with Gasteiger partial charge in [0.2, 0.25) is 0 Å². The largest absolute Gasteiger partial charge is 0.461 e. The summed E-state index contributed by atoms with van der Waals surface area (Å²) >= 11 is 0. The second-order valence-corrected chi connectivity index (χ2v) is 5.18. The van der Waals surface area contributed by atoms with Crippen LogP contribution in [0.4, 0.5) is 0 Å². The first-order chi connectivity index (χ1) is 7.41. The first-order valence-electron chi connectivity index (χ1n) is 5.62. The fraction of sp³-hybridized carbons (Fsp3) is 0.500. The Balaban J connectivity index is 2.48. The lowest BCUT2D eigenvalue weighted by Crippen LogP contribution is -2.27. The van der Waals surface area contributed by atoms with Crippen LogP contribution in [0.25, 0.3) is 0 Å². The zero-order valence-corrected chi connectivity index (χ0v) is 10.5. The van der Waals surface area contributed by atoms with E-state index >= 15 is 0 Å². The molecule has 0 saturated heterocycles. The van der Waals surface area contributed by atoms with Gasteiger partial charge < -0.3 is 4.74 Å². The first-order valence-corrected chi connectivity index (χ1v) is 5.62. The predicted molar refractivity (Wildman–Crippen MR) is 64.9 cm³/mol. The molecule has 0 unspecified atom stereocenters. The molecule has 0 saturated carbocycles. The molecule has 0 bridgehead atoms. The summed E-state index contributed by atoms with van der Waals surface area (Å²) in [4.78, 5) is 11.7. The summed E-state index contributed by atoms with van der Waals surface area (Å²) in [5.74, 6) is -0.215.